The summed E-state index contributed by atoms with van der Waals surface area (Å²) < 4.78 is 22.1. The van der Waals surface area contributed by atoms with Crippen LogP contribution in [0.5, 0.6) is 5.75 Å². The molecule has 0 spiro atoms. The van der Waals surface area contributed by atoms with Gasteiger partial charge in [-0.05, 0) is 19.1 Å². The highest BCUT2D eigenvalue weighted by Crippen LogP contribution is 2.18. The third-order valence-corrected chi connectivity index (χ3v) is 1.76. The van der Waals surface area contributed by atoms with Gasteiger partial charge in [0, 0.05) is 12.1 Å². The average molecular weight is 243 g/mol. The van der Waals surface area contributed by atoms with Gasteiger partial charge in [0.25, 0.3) is 5.69 Å². The quantitative estimate of drug-likeness (QED) is 0.448. The van der Waals surface area contributed by atoms with Crippen LogP contribution in [0.25, 0.3) is 0 Å². The van der Waals surface area contributed by atoms with Crippen molar-refractivity contribution in [1.82, 2.24) is 0 Å². The Bertz CT molecular complexity index is 406. The Balaban J connectivity index is 2.63. The molecular formula is C10H10FNO5. The first kappa shape index (κ1) is 12.9. The van der Waals surface area contributed by atoms with E-state index in [1.165, 1.54) is 19.1 Å². The Kier molecular flexibility index (Phi) is 4.38. The van der Waals surface area contributed by atoms with Crippen LogP contribution >= 0.6 is 0 Å². The summed E-state index contributed by atoms with van der Waals surface area (Å²) in [4.78, 5) is 20.6. The highest BCUT2D eigenvalue weighted by Gasteiger charge is 2.20. The van der Waals surface area contributed by atoms with Gasteiger partial charge in [0.15, 0.2) is 0 Å². The second-order valence-electron chi connectivity index (χ2n) is 2.94. The van der Waals surface area contributed by atoms with E-state index in [9.17, 15) is 19.3 Å². The summed E-state index contributed by atoms with van der Waals surface area (Å²) in [7, 11) is 0. The fraction of sp³-hybridized carbons (Fsp3) is 0.300. The molecule has 0 fully saturated rings. The zero-order valence-electron chi connectivity index (χ0n) is 8.96. The van der Waals surface area contributed by atoms with Crippen molar-refractivity contribution in [2.45, 2.75) is 13.3 Å². The molecule has 0 amide bonds. The average Bonchev–Trinajstić information content (AvgIpc) is 2.30. The Morgan fingerprint density at radius 2 is 2.06 bits per heavy atom. The Hall–Kier alpha value is -2.18. The first-order valence-corrected chi connectivity index (χ1v) is 4.76. The highest BCUT2D eigenvalue weighted by atomic mass is 19.1. The molecule has 0 saturated heterocycles. The number of benzene rings is 1. The van der Waals surface area contributed by atoms with Gasteiger partial charge < -0.3 is 9.47 Å². The normalized spacial score (nSPS) is 11.6. The van der Waals surface area contributed by atoms with E-state index in [1.54, 1.807) is 0 Å². The summed E-state index contributed by atoms with van der Waals surface area (Å²) in [6.07, 6.45) is -2.24. The van der Waals surface area contributed by atoms with Crippen molar-refractivity contribution in [2.24, 2.45) is 0 Å². The largest absolute Gasteiger partial charge is 0.461 e. The predicted molar refractivity (Wildman–Crippen MR) is 55.3 cm³/mol. The second kappa shape index (κ2) is 5.78. The Morgan fingerprint density at radius 1 is 1.47 bits per heavy atom. The molecule has 7 heteroatoms. The van der Waals surface area contributed by atoms with Gasteiger partial charge in [-0.15, -0.1) is 0 Å². The van der Waals surface area contributed by atoms with Crippen LogP contribution in [0, 0.1) is 10.1 Å². The lowest BCUT2D eigenvalue weighted by Gasteiger charge is -2.09. The van der Waals surface area contributed by atoms with E-state index in [0.717, 1.165) is 12.1 Å². The molecule has 0 radical (unpaired) electrons. The number of carbonyl (C=O) groups excluding carboxylic acids is 1. The van der Waals surface area contributed by atoms with Gasteiger partial charge in [-0.1, -0.05) is 0 Å². The summed E-state index contributed by atoms with van der Waals surface area (Å²) in [5, 5.41) is 10.3. The lowest BCUT2D eigenvalue weighted by molar-refractivity contribution is -0.384. The molecule has 6 nitrogen and oxygen atoms in total. The maximum absolute atomic E-state index is 13.1. The number of rotatable bonds is 5. The van der Waals surface area contributed by atoms with Crippen LogP contribution in [0.15, 0.2) is 24.3 Å². The van der Waals surface area contributed by atoms with Gasteiger partial charge in [-0.3, -0.25) is 10.1 Å². The molecule has 1 aromatic carbocycles. The Labute approximate surface area is 96.1 Å². The molecular weight excluding hydrogens is 233 g/mol. The first-order valence-electron chi connectivity index (χ1n) is 4.76. The van der Waals surface area contributed by atoms with E-state index < -0.39 is 17.3 Å². The number of esters is 1. The number of nitrogens with zero attached hydrogens (tertiary/aromatic N) is 1. The lowest BCUT2D eigenvalue weighted by Crippen LogP contribution is -2.24. The standard InChI is InChI=1S/C10H10FNO5/c1-2-16-10(13)9(11)17-8-5-3-7(4-6-8)12(14)15/h3-6,9H,2H2,1H3. The van der Waals surface area contributed by atoms with Gasteiger partial charge in [0.05, 0.1) is 11.5 Å². The zero-order valence-corrected chi connectivity index (χ0v) is 8.96. The fourth-order valence-electron chi connectivity index (χ4n) is 1.02. The van der Waals surface area contributed by atoms with Crippen LogP contribution in [0.4, 0.5) is 10.1 Å². The predicted octanol–water partition coefficient (Wildman–Crippen LogP) is 1.83. The van der Waals surface area contributed by atoms with E-state index in [-0.39, 0.29) is 18.0 Å². The van der Waals surface area contributed by atoms with E-state index in [2.05, 4.69) is 9.47 Å². The van der Waals surface area contributed by atoms with Crippen LogP contribution in [0.1, 0.15) is 6.92 Å². The highest BCUT2D eigenvalue weighted by molar-refractivity contribution is 5.73. The number of ether oxygens (including phenoxy) is 2. The fourth-order valence-corrected chi connectivity index (χ4v) is 1.02. The van der Waals surface area contributed by atoms with Crippen molar-refractivity contribution < 1.29 is 23.6 Å². The number of hydrogen-bond donors (Lipinski definition) is 0. The number of halogens is 1. The minimum atomic E-state index is -2.24. The van der Waals surface area contributed by atoms with E-state index in [1.807, 2.05) is 0 Å². The summed E-state index contributed by atoms with van der Waals surface area (Å²) >= 11 is 0. The summed E-state index contributed by atoms with van der Waals surface area (Å²) in [6, 6.07) is 4.69. The molecule has 1 unspecified atom stereocenters. The number of hydrogen-bond acceptors (Lipinski definition) is 5. The van der Waals surface area contributed by atoms with Crippen molar-refractivity contribution in [3.63, 3.8) is 0 Å². The molecule has 1 atom stereocenters. The summed E-state index contributed by atoms with van der Waals surface area (Å²) in [6.45, 7) is 1.58. The molecule has 0 aliphatic carbocycles. The minimum absolute atomic E-state index is 0.0103. The number of non-ortho nitro benzene ring substituents is 1. The molecule has 92 valence electrons. The van der Waals surface area contributed by atoms with Crippen LogP contribution in [0.2, 0.25) is 0 Å². The van der Waals surface area contributed by atoms with Gasteiger partial charge in [0.2, 0.25) is 0 Å². The van der Waals surface area contributed by atoms with E-state index in [4.69, 9.17) is 0 Å². The molecule has 0 aromatic heterocycles. The molecule has 0 saturated carbocycles. The van der Waals surface area contributed by atoms with Crippen molar-refractivity contribution in [3.8, 4) is 5.75 Å². The molecule has 0 aliphatic rings. The second-order valence-corrected chi connectivity index (χ2v) is 2.94. The lowest BCUT2D eigenvalue weighted by atomic mass is 10.3. The monoisotopic (exact) mass is 243 g/mol. The zero-order chi connectivity index (χ0) is 12.8. The van der Waals surface area contributed by atoms with Crippen LogP contribution in [-0.2, 0) is 9.53 Å². The van der Waals surface area contributed by atoms with Gasteiger partial charge in [-0.2, -0.15) is 4.39 Å². The van der Waals surface area contributed by atoms with Gasteiger partial charge in [-0.25, -0.2) is 4.79 Å². The van der Waals surface area contributed by atoms with Gasteiger partial charge >= 0.3 is 12.3 Å². The maximum Gasteiger partial charge on any atom is 0.381 e. The van der Waals surface area contributed by atoms with Crippen molar-refractivity contribution in [3.05, 3.63) is 34.4 Å². The third kappa shape index (κ3) is 3.71. The van der Waals surface area contributed by atoms with Crippen LogP contribution < -0.4 is 4.74 Å². The molecule has 0 heterocycles. The van der Waals surface area contributed by atoms with Crippen molar-refractivity contribution in [1.29, 1.82) is 0 Å². The van der Waals surface area contributed by atoms with Gasteiger partial charge in [0.1, 0.15) is 5.75 Å². The SMILES string of the molecule is CCOC(=O)C(F)Oc1ccc([N+](=O)[O-])cc1. The maximum atomic E-state index is 13.1. The topological polar surface area (TPSA) is 78.7 Å². The van der Waals surface area contributed by atoms with Crippen LogP contribution in [0.3, 0.4) is 0 Å². The molecule has 1 rings (SSSR count). The minimum Gasteiger partial charge on any atom is -0.461 e. The molecule has 0 N–H and O–H groups in total. The van der Waals surface area contributed by atoms with Crippen molar-refractivity contribution >= 4 is 11.7 Å². The molecule has 0 bridgehead atoms. The molecule has 0 aliphatic heterocycles. The molecule has 1 aromatic rings. The van der Waals surface area contributed by atoms with Crippen molar-refractivity contribution in [2.75, 3.05) is 6.61 Å². The third-order valence-electron chi connectivity index (χ3n) is 1.76. The van der Waals surface area contributed by atoms with E-state index >= 15 is 0 Å². The molecule has 17 heavy (non-hydrogen) atoms. The van der Waals surface area contributed by atoms with E-state index in [0.29, 0.717) is 0 Å². The number of carbonyl (C=O) groups is 1. The van der Waals surface area contributed by atoms with Crippen LogP contribution in [-0.4, -0.2) is 23.9 Å². The smallest absolute Gasteiger partial charge is 0.381 e. The first-order chi connectivity index (χ1) is 8.04. The summed E-state index contributed by atoms with van der Waals surface area (Å²) in [5.74, 6) is -1.12. The summed E-state index contributed by atoms with van der Waals surface area (Å²) in [5.41, 5.74) is -0.149. The number of nitro groups is 1. The number of alkyl halides is 1. The Morgan fingerprint density at radius 3 is 2.53 bits per heavy atom. The number of nitro benzene ring substituents is 1.